The highest BCUT2D eigenvalue weighted by atomic mass is 14.7. The van der Waals surface area contributed by atoms with Gasteiger partial charge in [-0.25, -0.2) is 0 Å². The molecule has 15 heavy (non-hydrogen) atoms. The predicted molar refractivity (Wildman–Crippen MR) is 64.4 cm³/mol. The van der Waals surface area contributed by atoms with E-state index in [4.69, 9.17) is 11.5 Å². The minimum atomic E-state index is 0.437. The Morgan fingerprint density at radius 1 is 1.20 bits per heavy atom. The predicted octanol–water partition coefficient (Wildman–Crippen LogP) is 2.13. The van der Waals surface area contributed by atoms with Crippen LogP contribution in [0.5, 0.6) is 0 Å². The van der Waals surface area contributed by atoms with Gasteiger partial charge < -0.3 is 11.5 Å². The SMILES string of the molecule is NCC1CCCC(N)C1.c1cc2cc-2c1. The number of benzene rings is 1. The second kappa shape index (κ2) is 4.77. The fourth-order valence-corrected chi connectivity index (χ4v) is 2.22. The summed E-state index contributed by atoms with van der Waals surface area (Å²) in [5, 5.41) is 0. The Hall–Kier alpha value is -0.860. The molecule has 3 rings (SSSR count). The van der Waals surface area contributed by atoms with Crippen molar-refractivity contribution >= 4 is 0 Å². The summed E-state index contributed by atoms with van der Waals surface area (Å²) >= 11 is 0. The van der Waals surface area contributed by atoms with E-state index in [9.17, 15) is 0 Å². The largest absolute Gasteiger partial charge is 0.330 e. The molecule has 0 bridgehead atoms. The first-order valence-corrected chi connectivity index (χ1v) is 5.85. The van der Waals surface area contributed by atoms with Crippen LogP contribution in [0.2, 0.25) is 0 Å². The van der Waals surface area contributed by atoms with Gasteiger partial charge in [-0.2, -0.15) is 0 Å². The van der Waals surface area contributed by atoms with Gasteiger partial charge in [0.05, 0.1) is 0 Å². The molecule has 0 aromatic carbocycles. The Labute approximate surface area is 91.7 Å². The van der Waals surface area contributed by atoms with Gasteiger partial charge in [-0.05, 0) is 48.9 Å². The highest BCUT2D eigenvalue weighted by molar-refractivity contribution is 5.80. The quantitative estimate of drug-likeness (QED) is 0.747. The lowest BCUT2D eigenvalue weighted by molar-refractivity contribution is 0.329. The summed E-state index contributed by atoms with van der Waals surface area (Å²) in [6, 6.07) is 8.92. The van der Waals surface area contributed by atoms with Crippen LogP contribution in [0, 0.1) is 5.92 Å². The van der Waals surface area contributed by atoms with E-state index in [1.165, 1.54) is 30.4 Å². The lowest BCUT2D eigenvalue weighted by atomic mass is 9.86. The number of hydrogen-bond donors (Lipinski definition) is 2. The lowest BCUT2D eigenvalue weighted by Crippen LogP contribution is -2.31. The van der Waals surface area contributed by atoms with E-state index < -0.39 is 0 Å². The topological polar surface area (TPSA) is 52.0 Å². The molecule has 2 unspecified atom stereocenters. The van der Waals surface area contributed by atoms with Crippen LogP contribution in [0.25, 0.3) is 11.1 Å². The van der Waals surface area contributed by atoms with E-state index in [1.54, 1.807) is 0 Å². The zero-order valence-electron chi connectivity index (χ0n) is 9.15. The Morgan fingerprint density at radius 2 is 1.93 bits per heavy atom. The van der Waals surface area contributed by atoms with E-state index in [0.717, 1.165) is 13.0 Å². The molecule has 0 aliphatic heterocycles. The van der Waals surface area contributed by atoms with Crippen molar-refractivity contribution in [1.29, 1.82) is 0 Å². The minimum absolute atomic E-state index is 0.437. The molecule has 1 fully saturated rings. The van der Waals surface area contributed by atoms with Crippen LogP contribution in [0.3, 0.4) is 0 Å². The first-order chi connectivity index (χ1) is 7.29. The van der Waals surface area contributed by atoms with Crippen molar-refractivity contribution in [3.05, 3.63) is 24.3 Å². The third kappa shape index (κ3) is 3.05. The molecule has 0 radical (unpaired) electrons. The van der Waals surface area contributed by atoms with Gasteiger partial charge in [0.2, 0.25) is 0 Å². The van der Waals surface area contributed by atoms with Gasteiger partial charge in [-0.1, -0.05) is 24.6 Å². The highest BCUT2D eigenvalue weighted by Gasteiger charge is 2.16. The van der Waals surface area contributed by atoms with E-state index in [1.807, 2.05) is 0 Å². The summed E-state index contributed by atoms with van der Waals surface area (Å²) in [6.45, 7) is 0.827. The molecule has 3 aliphatic rings. The van der Waals surface area contributed by atoms with E-state index in [-0.39, 0.29) is 0 Å². The Morgan fingerprint density at radius 3 is 2.27 bits per heavy atom. The Kier molecular flexibility index (Phi) is 3.39. The molecule has 3 aliphatic carbocycles. The molecular formula is C13H20N2. The molecular weight excluding hydrogens is 184 g/mol. The third-order valence-corrected chi connectivity index (χ3v) is 3.27. The van der Waals surface area contributed by atoms with Gasteiger partial charge in [0.15, 0.2) is 0 Å². The molecule has 1 saturated carbocycles. The summed E-state index contributed by atoms with van der Waals surface area (Å²) in [4.78, 5) is 0. The van der Waals surface area contributed by atoms with Gasteiger partial charge in [0.1, 0.15) is 0 Å². The third-order valence-electron chi connectivity index (χ3n) is 3.27. The average Bonchev–Trinajstić information content (AvgIpc) is 2.87. The molecule has 0 heterocycles. The van der Waals surface area contributed by atoms with Crippen molar-refractivity contribution in [1.82, 2.24) is 0 Å². The lowest BCUT2D eigenvalue weighted by Gasteiger charge is -2.24. The molecule has 2 heteroatoms. The molecule has 0 saturated heterocycles. The summed E-state index contributed by atoms with van der Waals surface area (Å²) < 4.78 is 0. The first kappa shape index (κ1) is 10.7. The van der Waals surface area contributed by atoms with Crippen LogP contribution in [0.1, 0.15) is 25.7 Å². The molecule has 0 amide bonds. The summed E-state index contributed by atoms with van der Waals surface area (Å²) in [5.41, 5.74) is 14.1. The normalized spacial score (nSPS) is 26.5. The molecule has 82 valence electrons. The average molecular weight is 204 g/mol. The van der Waals surface area contributed by atoms with Gasteiger partial charge in [-0.3, -0.25) is 0 Å². The van der Waals surface area contributed by atoms with Crippen LogP contribution >= 0.6 is 0 Å². The van der Waals surface area contributed by atoms with Gasteiger partial charge in [0.25, 0.3) is 0 Å². The van der Waals surface area contributed by atoms with Crippen LogP contribution in [-0.2, 0) is 0 Å². The summed E-state index contributed by atoms with van der Waals surface area (Å²) in [5.74, 6) is 0.716. The Balaban J connectivity index is 0.000000121. The molecule has 4 N–H and O–H groups in total. The minimum Gasteiger partial charge on any atom is -0.330 e. The van der Waals surface area contributed by atoms with Crippen molar-refractivity contribution in [2.75, 3.05) is 6.54 Å². The number of hydrogen-bond acceptors (Lipinski definition) is 2. The van der Waals surface area contributed by atoms with Crippen LogP contribution in [0.4, 0.5) is 0 Å². The monoisotopic (exact) mass is 204 g/mol. The molecule has 0 aromatic rings. The fraction of sp³-hybridized carbons (Fsp3) is 0.538. The van der Waals surface area contributed by atoms with Crippen LogP contribution in [0.15, 0.2) is 24.3 Å². The number of fused-ring (bicyclic) bond motifs is 1. The van der Waals surface area contributed by atoms with Crippen molar-refractivity contribution in [3.8, 4) is 11.1 Å². The van der Waals surface area contributed by atoms with Gasteiger partial charge in [-0.15, -0.1) is 0 Å². The van der Waals surface area contributed by atoms with Gasteiger partial charge >= 0.3 is 0 Å². The molecule has 2 nitrogen and oxygen atoms in total. The second-order valence-electron chi connectivity index (χ2n) is 4.61. The van der Waals surface area contributed by atoms with E-state index in [2.05, 4.69) is 24.3 Å². The van der Waals surface area contributed by atoms with Crippen LogP contribution in [-0.4, -0.2) is 12.6 Å². The van der Waals surface area contributed by atoms with E-state index in [0.29, 0.717) is 12.0 Å². The fourth-order valence-electron chi connectivity index (χ4n) is 2.22. The van der Waals surface area contributed by atoms with Gasteiger partial charge in [0, 0.05) is 6.04 Å². The number of rotatable bonds is 1. The van der Waals surface area contributed by atoms with E-state index >= 15 is 0 Å². The second-order valence-corrected chi connectivity index (χ2v) is 4.61. The van der Waals surface area contributed by atoms with Crippen molar-refractivity contribution < 1.29 is 0 Å². The zero-order chi connectivity index (χ0) is 10.7. The van der Waals surface area contributed by atoms with Crippen molar-refractivity contribution in [2.45, 2.75) is 31.7 Å². The number of nitrogens with two attached hydrogens (primary N) is 2. The zero-order valence-corrected chi connectivity index (χ0v) is 9.15. The summed E-state index contributed by atoms with van der Waals surface area (Å²) in [7, 11) is 0. The molecule has 0 spiro atoms. The maximum Gasteiger partial charge on any atom is 0.00419 e. The first-order valence-electron chi connectivity index (χ1n) is 5.85. The van der Waals surface area contributed by atoms with Crippen molar-refractivity contribution in [3.63, 3.8) is 0 Å². The maximum atomic E-state index is 5.75. The summed E-state index contributed by atoms with van der Waals surface area (Å²) in [6.07, 6.45) is 4.93. The highest BCUT2D eigenvalue weighted by Crippen LogP contribution is 2.32. The molecule has 0 aromatic heterocycles. The van der Waals surface area contributed by atoms with Crippen molar-refractivity contribution in [2.24, 2.45) is 17.4 Å². The smallest absolute Gasteiger partial charge is 0.00419 e. The Bertz CT molecular complexity index is 305. The molecule has 2 atom stereocenters. The maximum absolute atomic E-state index is 5.75. The standard InChI is InChI=1S/C7H16N2.C6H4/c8-5-6-2-1-3-7(9)4-6;1-2-5-4-6(5)3-1/h6-7H,1-5,8-9H2;1-4H. The van der Waals surface area contributed by atoms with Crippen LogP contribution < -0.4 is 11.5 Å².